The topological polar surface area (TPSA) is 64.3 Å². The third kappa shape index (κ3) is 4.74. The number of anilines is 1. The Kier molecular flexibility index (Phi) is 5.27. The van der Waals surface area contributed by atoms with E-state index in [0.29, 0.717) is 24.4 Å². The van der Waals surface area contributed by atoms with E-state index in [0.717, 1.165) is 5.75 Å². The summed E-state index contributed by atoms with van der Waals surface area (Å²) in [6, 6.07) is 15.1. The number of nitrogens with one attached hydrogen (secondary N) is 1. The largest absolute Gasteiger partial charge is 0.492 e. The van der Waals surface area contributed by atoms with E-state index >= 15 is 0 Å². The summed E-state index contributed by atoms with van der Waals surface area (Å²) >= 11 is 0. The average molecular weight is 312 g/mol. The number of carbonyl (C=O) groups excluding carboxylic acids is 1. The summed E-state index contributed by atoms with van der Waals surface area (Å²) in [5.74, 6) is 0.612. The van der Waals surface area contributed by atoms with Crippen LogP contribution in [-0.4, -0.2) is 19.1 Å². The van der Waals surface area contributed by atoms with Gasteiger partial charge in [0.1, 0.15) is 12.4 Å². The molecule has 0 atom stereocenters. The van der Waals surface area contributed by atoms with Crippen LogP contribution in [0.4, 0.5) is 5.69 Å². The van der Waals surface area contributed by atoms with Crippen LogP contribution in [0, 0.1) is 0 Å². The van der Waals surface area contributed by atoms with Crippen molar-refractivity contribution in [1.82, 2.24) is 5.32 Å². The fourth-order valence-corrected chi connectivity index (χ4v) is 2.18. The molecule has 0 aliphatic heterocycles. The lowest BCUT2D eigenvalue weighted by atomic mass is 9.87. The lowest BCUT2D eigenvalue weighted by Gasteiger charge is -2.19. The molecule has 1 amide bonds. The van der Waals surface area contributed by atoms with E-state index in [1.807, 2.05) is 12.1 Å². The number of benzene rings is 2. The Bertz CT molecular complexity index is 658. The minimum Gasteiger partial charge on any atom is -0.492 e. The van der Waals surface area contributed by atoms with Gasteiger partial charge in [-0.05, 0) is 35.2 Å². The molecule has 0 aromatic heterocycles. The zero-order valence-electron chi connectivity index (χ0n) is 13.9. The van der Waals surface area contributed by atoms with Crippen molar-refractivity contribution in [3.05, 3.63) is 59.7 Å². The predicted molar refractivity (Wildman–Crippen MR) is 93.8 cm³/mol. The number of para-hydroxylation sites is 1. The zero-order chi connectivity index (χ0) is 16.9. The fraction of sp³-hybridized carbons (Fsp3) is 0.316. The van der Waals surface area contributed by atoms with Gasteiger partial charge in [-0.1, -0.05) is 45.0 Å². The van der Waals surface area contributed by atoms with Gasteiger partial charge in [-0.15, -0.1) is 0 Å². The smallest absolute Gasteiger partial charge is 0.253 e. The van der Waals surface area contributed by atoms with Gasteiger partial charge in [0.05, 0.1) is 12.1 Å². The summed E-state index contributed by atoms with van der Waals surface area (Å²) in [5.41, 5.74) is 8.13. The van der Waals surface area contributed by atoms with Gasteiger partial charge >= 0.3 is 0 Å². The third-order valence-corrected chi connectivity index (χ3v) is 3.58. The maximum atomic E-state index is 12.0. The fourth-order valence-electron chi connectivity index (χ4n) is 2.18. The molecule has 0 heterocycles. The summed E-state index contributed by atoms with van der Waals surface area (Å²) < 4.78 is 5.64. The van der Waals surface area contributed by atoms with Crippen molar-refractivity contribution in [2.75, 3.05) is 18.9 Å². The molecule has 0 aliphatic carbocycles. The van der Waals surface area contributed by atoms with Crippen LogP contribution >= 0.6 is 0 Å². The van der Waals surface area contributed by atoms with Crippen LogP contribution in [0.1, 0.15) is 36.7 Å². The highest BCUT2D eigenvalue weighted by atomic mass is 16.5. The monoisotopic (exact) mass is 312 g/mol. The number of rotatable bonds is 5. The highest BCUT2D eigenvalue weighted by molar-refractivity contribution is 5.99. The van der Waals surface area contributed by atoms with E-state index in [2.05, 4.69) is 38.2 Å². The van der Waals surface area contributed by atoms with Crippen LogP contribution in [-0.2, 0) is 5.41 Å². The van der Waals surface area contributed by atoms with Crippen molar-refractivity contribution < 1.29 is 9.53 Å². The van der Waals surface area contributed by atoms with Crippen molar-refractivity contribution >= 4 is 11.6 Å². The Balaban J connectivity index is 1.79. The molecular weight excluding hydrogens is 288 g/mol. The highest BCUT2D eigenvalue weighted by Crippen LogP contribution is 2.24. The Hall–Kier alpha value is -2.49. The van der Waals surface area contributed by atoms with Gasteiger partial charge < -0.3 is 15.8 Å². The lowest BCUT2D eigenvalue weighted by molar-refractivity contribution is 0.0948. The van der Waals surface area contributed by atoms with Gasteiger partial charge in [0.2, 0.25) is 0 Å². The molecule has 4 nitrogen and oxygen atoms in total. The van der Waals surface area contributed by atoms with Gasteiger partial charge in [0.15, 0.2) is 0 Å². The molecular formula is C19H24N2O2. The van der Waals surface area contributed by atoms with Crippen LogP contribution in [0.2, 0.25) is 0 Å². The van der Waals surface area contributed by atoms with E-state index in [1.54, 1.807) is 24.3 Å². The maximum Gasteiger partial charge on any atom is 0.253 e. The molecule has 0 spiro atoms. The van der Waals surface area contributed by atoms with Crippen molar-refractivity contribution in [2.45, 2.75) is 26.2 Å². The Morgan fingerprint density at radius 2 is 1.74 bits per heavy atom. The van der Waals surface area contributed by atoms with E-state index in [4.69, 9.17) is 10.5 Å². The van der Waals surface area contributed by atoms with Crippen LogP contribution in [0.3, 0.4) is 0 Å². The minimum atomic E-state index is -0.185. The minimum absolute atomic E-state index is 0.127. The Morgan fingerprint density at radius 3 is 2.35 bits per heavy atom. The third-order valence-electron chi connectivity index (χ3n) is 3.58. The number of hydrogen-bond donors (Lipinski definition) is 2. The van der Waals surface area contributed by atoms with Crippen molar-refractivity contribution in [3.63, 3.8) is 0 Å². The highest BCUT2D eigenvalue weighted by Gasteiger charge is 2.13. The van der Waals surface area contributed by atoms with E-state index in [-0.39, 0.29) is 11.3 Å². The maximum absolute atomic E-state index is 12.0. The summed E-state index contributed by atoms with van der Waals surface area (Å²) in [6.45, 7) is 7.36. The first-order valence-corrected chi connectivity index (χ1v) is 7.74. The molecule has 122 valence electrons. The number of ether oxygens (including phenoxy) is 1. The number of nitrogens with two attached hydrogens (primary N) is 1. The standard InChI is InChI=1S/C19H24N2O2/c1-19(2,3)14-8-10-15(11-9-14)23-13-12-21-18(22)16-6-4-5-7-17(16)20/h4-11H,12-13,20H2,1-3H3,(H,21,22). The van der Waals surface area contributed by atoms with E-state index < -0.39 is 0 Å². The second kappa shape index (κ2) is 7.18. The molecule has 0 aliphatic rings. The molecule has 0 bridgehead atoms. The average Bonchev–Trinajstić information content (AvgIpc) is 2.51. The second-order valence-corrected chi connectivity index (χ2v) is 6.47. The molecule has 0 saturated carbocycles. The summed E-state index contributed by atoms with van der Waals surface area (Å²) in [7, 11) is 0. The molecule has 0 radical (unpaired) electrons. The van der Waals surface area contributed by atoms with Gasteiger partial charge in [-0.25, -0.2) is 0 Å². The van der Waals surface area contributed by atoms with E-state index in [9.17, 15) is 4.79 Å². The van der Waals surface area contributed by atoms with Crippen LogP contribution in [0.15, 0.2) is 48.5 Å². The van der Waals surface area contributed by atoms with Crippen LogP contribution in [0.25, 0.3) is 0 Å². The number of nitrogen functional groups attached to an aromatic ring is 1. The zero-order valence-corrected chi connectivity index (χ0v) is 13.9. The quantitative estimate of drug-likeness (QED) is 0.657. The van der Waals surface area contributed by atoms with Crippen LogP contribution < -0.4 is 15.8 Å². The van der Waals surface area contributed by atoms with Gasteiger partial charge in [0, 0.05) is 5.69 Å². The first-order valence-electron chi connectivity index (χ1n) is 7.74. The first-order chi connectivity index (χ1) is 10.9. The second-order valence-electron chi connectivity index (χ2n) is 6.47. The van der Waals surface area contributed by atoms with Gasteiger partial charge in [-0.3, -0.25) is 4.79 Å². The molecule has 3 N–H and O–H groups in total. The summed E-state index contributed by atoms with van der Waals surface area (Å²) in [6.07, 6.45) is 0. The molecule has 0 fully saturated rings. The Labute approximate surface area is 137 Å². The van der Waals surface area contributed by atoms with E-state index in [1.165, 1.54) is 5.56 Å². The molecule has 2 rings (SSSR count). The van der Waals surface area contributed by atoms with Gasteiger partial charge in [-0.2, -0.15) is 0 Å². The molecule has 2 aromatic rings. The molecule has 23 heavy (non-hydrogen) atoms. The van der Waals surface area contributed by atoms with Crippen molar-refractivity contribution in [3.8, 4) is 5.75 Å². The van der Waals surface area contributed by atoms with Crippen molar-refractivity contribution in [1.29, 1.82) is 0 Å². The predicted octanol–water partition coefficient (Wildman–Crippen LogP) is 3.38. The number of amides is 1. The molecule has 0 saturated heterocycles. The normalized spacial score (nSPS) is 11.1. The Morgan fingerprint density at radius 1 is 1.09 bits per heavy atom. The SMILES string of the molecule is CC(C)(C)c1ccc(OCCNC(=O)c2ccccc2N)cc1. The van der Waals surface area contributed by atoms with Crippen LogP contribution in [0.5, 0.6) is 5.75 Å². The summed E-state index contributed by atoms with van der Waals surface area (Å²) in [4.78, 5) is 12.0. The summed E-state index contributed by atoms with van der Waals surface area (Å²) in [5, 5.41) is 2.80. The van der Waals surface area contributed by atoms with Gasteiger partial charge in [0.25, 0.3) is 5.91 Å². The molecule has 0 unspecified atom stereocenters. The molecule has 4 heteroatoms. The number of hydrogen-bond acceptors (Lipinski definition) is 3. The molecule has 2 aromatic carbocycles. The first kappa shape index (κ1) is 16.9. The van der Waals surface area contributed by atoms with Crippen molar-refractivity contribution in [2.24, 2.45) is 0 Å². The number of carbonyl (C=O) groups is 1. The lowest BCUT2D eigenvalue weighted by Crippen LogP contribution is -2.28.